The maximum absolute atomic E-state index is 12.5. The van der Waals surface area contributed by atoms with Crippen molar-refractivity contribution in [3.8, 4) is 0 Å². The highest BCUT2D eigenvalue weighted by Crippen LogP contribution is 2.22. The van der Waals surface area contributed by atoms with Gasteiger partial charge in [-0.2, -0.15) is 0 Å². The molecule has 1 amide bonds. The van der Waals surface area contributed by atoms with Gasteiger partial charge in [0.15, 0.2) is 0 Å². The molecule has 0 fully saturated rings. The Labute approximate surface area is 122 Å². The third kappa shape index (κ3) is 2.43. The van der Waals surface area contributed by atoms with Gasteiger partial charge in [-0.05, 0) is 36.8 Å². The van der Waals surface area contributed by atoms with Crippen LogP contribution in [-0.2, 0) is 0 Å². The number of rotatable bonds is 2. The van der Waals surface area contributed by atoms with Gasteiger partial charge >= 0.3 is 0 Å². The number of hydrogen-bond donors (Lipinski definition) is 2. The van der Waals surface area contributed by atoms with Gasteiger partial charge in [-0.1, -0.05) is 24.3 Å². The zero-order valence-corrected chi connectivity index (χ0v) is 11.6. The van der Waals surface area contributed by atoms with Crippen LogP contribution in [0.5, 0.6) is 0 Å². The van der Waals surface area contributed by atoms with Crippen molar-refractivity contribution in [1.82, 2.24) is 4.98 Å². The van der Waals surface area contributed by atoms with Crippen LogP contribution in [0, 0.1) is 6.92 Å². The number of hydrogen-bond acceptors (Lipinski definition) is 3. The van der Waals surface area contributed by atoms with Crippen molar-refractivity contribution >= 4 is 28.2 Å². The minimum atomic E-state index is -0.187. The number of pyridine rings is 1. The highest BCUT2D eigenvalue weighted by Gasteiger charge is 2.12. The molecular weight excluding hydrogens is 262 g/mol. The van der Waals surface area contributed by atoms with Crippen molar-refractivity contribution in [2.24, 2.45) is 0 Å². The van der Waals surface area contributed by atoms with Gasteiger partial charge in [0, 0.05) is 23.0 Å². The first kappa shape index (κ1) is 13.1. The van der Waals surface area contributed by atoms with Crippen LogP contribution in [0.4, 0.5) is 11.4 Å². The van der Waals surface area contributed by atoms with E-state index < -0.39 is 0 Å². The second kappa shape index (κ2) is 5.25. The monoisotopic (exact) mass is 277 g/mol. The van der Waals surface area contributed by atoms with Gasteiger partial charge in [0.2, 0.25) is 0 Å². The fourth-order valence-corrected chi connectivity index (χ4v) is 2.27. The lowest BCUT2D eigenvalue weighted by molar-refractivity contribution is 0.102. The Balaban J connectivity index is 2.00. The number of nitrogen functional groups attached to an aromatic ring is 1. The van der Waals surface area contributed by atoms with E-state index in [-0.39, 0.29) is 5.91 Å². The van der Waals surface area contributed by atoms with Crippen LogP contribution < -0.4 is 11.1 Å². The molecule has 4 heteroatoms. The predicted molar refractivity (Wildman–Crippen MR) is 85.3 cm³/mol. The zero-order chi connectivity index (χ0) is 14.8. The Morgan fingerprint density at radius 3 is 2.71 bits per heavy atom. The summed E-state index contributed by atoms with van der Waals surface area (Å²) in [6.07, 6.45) is 1.69. The van der Waals surface area contributed by atoms with E-state index in [0.717, 1.165) is 10.9 Å². The molecule has 1 aromatic heterocycles. The van der Waals surface area contributed by atoms with E-state index in [2.05, 4.69) is 10.3 Å². The van der Waals surface area contributed by atoms with E-state index in [0.29, 0.717) is 22.5 Å². The number of benzene rings is 2. The quantitative estimate of drug-likeness (QED) is 0.706. The summed E-state index contributed by atoms with van der Waals surface area (Å²) in [6.45, 7) is 1.88. The highest BCUT2D eigenvalue weighted by atomic mass is 16.1. The van der Waals surface area contributed by atoms with E-state index in [1.807, 2.05) is 49.4 Å². The molecule has 0 unspecified atom stereocenters. The molecule has 0 spiro atoms. The summed E-state index contributed by atoms with van der Waals surface area (Å²) in [5.74, 6) is -0.187. The van der Waals surface area contributed by atoms with Gasteiger partial charge in [-0.15, -0.1) is 0 Å². The van der Waals surface area contributed by atoms with Gasteiger partial charge in [-0.25, -0.2) is 0 Å². The number of carbonyl (C=O) groups is 1. The fourth-order valence-electron chi connectivity index (χ4n) is 2.27. The molecule has 0 aliphatic heterocycles. The molecule has 21 heavy (non-hydrogen) atoms. The number of nitrogens with zero attached hydrogens (tertiary/aromatic N) is 1. The van der Waals surface area contributed by atoms with Gasteiger partial charge in [0.25, 0.3) is 5.91 Å². The fraction of sp³-hybridized carbons (Fsp3) is 0.0588. The molecular formula is C17H15N3O. The number of fused-ring (bicyclic) bond motifs is 1. The Hall–Kier alpha value is -2.88. The van der Waals surface area contributed by atoms with E-state index in [9.17, 15) is 4.79 Å². The molecule has 0 aliphatic rings. The molecule has 1 heterocycles. The molecule has 0 bridgehead atoms. The number of nitrogens with one attached hydrogen (secondary N) is 1. The molecule has 0 atom stereocenters. The molecule has 4 nitrogen and oxygen atoms in total. The number of nitrogens with two attached hydrogens (primary N) is 1. The standard InChI is InChI=1S/C17H15N3O/c1-11-14(18)8-3-9-15(11)20-17(21)13-7-2-5-12-6-4-10-19-16(12)13/h2-10H,18H2,1H3,(H,20,21). The Morgan fingerprint density at radius 2 is 1.86 bits per heavy atom. The van der Waals surface area contributed by atoms with Crippen molar-refractivity contribution in [3.05, 3.63) is 65.9 Å². The summed E-state index contributed by atoms with van der Waals surface area (Å²) in [5.41, 5.74) is 9.34. The lowest BCUT2D eigenvalue weighted by Gasteiger charge is -2.11. The van der Waals surface area contributed by atoms with E-state index >= 15 is 0 Å². The normalized spacial score (nSPS) is 10.5. The van der Waals surface area contributed by atoms with Crippen LogP contribution in [0.2, 0.25) is 0 Å². The molecule has 3 N–H and O–H groups in total. The maximum Gasteiger partial charge on any atom is 0.257 e. The molecule has 104 valence electrons. The van der Waals surface area contributed by atoms with Gasteiger partial charge in [0.05, 0.1) is 11.1 Å². The van der Waals surface area contributed by atoms with E-state index in [1.165, 1.54) is 0 Å². The Morgan fingerprint density at radius 1 is 1.10 bits per heavy atom. The molecule has 0 saturated heterocycles. The van der Waals surface area contributed by atoms with Crippen molar-refractivity contribution in [2.45, 2.75) is 6.92 Å². The summed E-state index contributed by atoms with van der Waals surface area (Å²) in [5, 5.41) is 3.84. The predicted octanol–water partition coefficient (Wildman–Crippen LogP) is 3.38. The SMILES string of the molecule is Cc1c(N)cccc1NC(=O)c1cccc2cccnc12. The lowest BCUT2D eigenvalue weighted by atomic mass is 10.1. The Bertz CT molecular complexity index is 822. The average Bonchev–Trinajstić information content (AvgIpc) is 2.51. The minimum Gasteiger partial charge on any atom is -0.398 e. The molecule has 3 rings (SSSR count). The van der Waals surface area contributed by atoms with Crippen molar-refractivity contribution in [2.75, 3.05) is 11.1 Å². The summed E-state index contributed by atoms with van der Waals surface area (Å²) in [7, 11) is 0. The van der Waals surface area contributed by atoms with E-state index in [1.54, 1.807) is 12.3 Å². The van der Waals surface area contributed by atoms with Crippen molar-refractivity contribution in [1.29, 1.82) is 0 Å². The maximum atomic E-state index is 12.5. The number of aromatic nitrogens is 1. The number of para-hydroxylation sites is 1. The largest absolute Gasteiger partial charge is 0.398 e. The first-order valence-electron chi connectivity index (χ1n) is 6.67. The molecule has 3 aromatic rings. The molecule has 0 aliphatic carbocycles. The second-order valence-corrected chi connectivity index (χ2v) is 4.85. The van der Waals surface area contributed by atoms with E-state index in [4.69, 9.17) is 5.73 Å². The second-order valence-electron chi connectivity index (χ2n) is 4.85. The van der Waals surface area contributed by atoms with Crippen LogP contribution in [0.1, 0.15) is 15.9 Å². The highest BCUT2D eigenvalue weighted by molar-refractivity contribution is 6.12. The topological polar surface area (TPSA) is 68.0 Å². The number of anilines is 2. The summed E-state index contributed by atoms with van der Waals surface area (Å²) in [4.78, 5) is 16.8. The average molecular weight is 277 g/mol. The zero-order valence-electron chi connectivity index (χ0n) is 11.6. The van der Waals surface area contributed by atoms with Crippen LogP contribution in [0.3, 0.4) is 0 Å². The summed E-state index contributed by atoms with van der Waals surface area (Å²) >= 11 is 0. The van der Waals surface area contributed by atoms with Crippen LogP contribution in [-0.4, -0.2) is 10.9 Å². The third-order valence-corrected chi connectivity index (χ3v) is 3.50. The van der Waals surface area contributed by atoms with Gasteiger partial charge in [-0.3, -0.25) is 9.78 Å². The number of amides is 1. The van der Waals surface area contributed by atoms with Gasteiger partial charge in [0.1, 0.15) is 0 Å². The minimum absolute atomic E-state index is 0.187. The van der Waals surface area contributed by atoms with Crippen LogP contribution in [0.25, 0.3) is 10.9 Å². The van der Waals surface area contributed by atoms with Crippen LogP contribution in [0.15, 0.2) is 54.7 Å². The Kier molecular flexibility index (Phi) is 3.28. The van der Waals surface area contributed by atoms with Crippen molar-refractivity contribution in [3.63, 3.8) is 0 Å². The smallest absolute Gasteiger partial charge is 0.257 e. The molecule has 0 saturated carbocycles. The lowest BCUT2D eigenvalue weighted by Crippen LogP contribution is -2.14. The first-order valence-corrected chi connectivity index (χ1v) is 6.67. The van der Waals surface area contributed by atoms with Gasteiger partial charge < -0.3 is 11.1 Å². The van der Waals surface area contributed by atoms with Crippen LogP contribution >= 0.6 is 0 Å². The first-order chi connectivity index (χ1) is 10.2. The number of carbonyl (C=O) groups excluding carboxylic acids is 1. The van der Waals surface area contributed by atoms with Crippen molar-refractivity contribution < 1.29 is 4.79 Å². The summed E-state index contributed by atoms with van der Waals surface area (Å²) < 4.78 is 0. The molecule has 0 radical (unpaired) electrons. The molecule has 2 aromatic carbocycles. The summed E-state index contributed by atoms with van der Waals surface area (Å²) in [6, 6.07) is 14.8. The third-order valence-electron chi connectivity index (χ3n) is 3.50.